The molecular weight excluding hydrogens is 594 g/mol. The van der Waals surface area contributed by atoms with Gasteiger partial charge in [0.05, 0.1) is 13.2 Å². The van der Waals surface area contributed by atoms with Crippen molar-refractivity contribution in [2.24, 2.45) is 0 Å². The molecule has 2 amide bonds. The highest BCUT2D eigenvalue weighted by Gasteiger charge is 2.43. The summed E-state index contributed by atoms with van der Waals surface area (Å²) in [6.45, 7) is 6.82. The zero-order valence-electron chi connectivity index (χ0n) is 26.6. The summed E-state index contributed by atoms with van der Waals surface area (Å²) >= 11 is 1.26. The van der Waals surface area contributed by atoms with Gasteiger partial charge < -0.3 is 35.4 Å². The van der Waals surface area contributed by atoms with Crippen LogP contribution >= 0.6 is 11.2 Å². The number of likely N-dealkylation sites (N-methyl/N-ethyl adjacent to an activating group) is 1. The van der Waals surface area contributed by atoms with Crippen LogP contribution in [0.2, 0.25) is 0 Å². The summed E-state index contributed by atoms with van der Waals surface area (Å²) in [4.78, 5) is 26.9. The molecule has 0 aromatic heterocycles. The van der Waals surface area contributed by atoms with Gasteiger partial charge in [-0.05, 0) is 62.1 Å². The molecule has 1 fully saturated rings. The van der Waals surface area contributed by atoms with Crippen molar-refractivity contribution in [2.75, 3.05) is 39.5 Å². The Morgan fingerprint density at radius 3 is 2.44 bits per heavy atom. The Bertz CT molecular complexity index is 1410. The van der Waals surface area contributed by atoms with Gasteiger partial charge in [0.1, 0.15) is 42.7 Å². The Morgan fingerprint density at radius 1 is 1.09 bits per heavy atom. The topological polar surface area (TPSA) is 141 Å². The molecule has 3 rings (SSSR count). The molecule has 10 nitrogen and oxygen atoms in total. The third kappa shape index (κ3) is 10.4. The molecule has 11 heteroatoms. The molecule has 1 aliphatic rings. The number of amides is 2. The first-order chi connectivity index (χ1) is 21.4. The molecule has 0 bridgehead atoms. The van der Waals surface area contributed by atoms with Gasteiger partial charge in [0.2, 0.25) is 11.8 Å². The molecule has 0 saturated carbocycles. The van der Waals surface area contributed by atoms with E-state index in [1.807, 2.05) is 61.3 Å². The first-order valence-electron chi connectivity index (χ1n) is 14.8. The van der Waals surface area contributed by atoms with Crippen molar-refractivity contribution in [3.8, 4) is 17.5 Å². The van der Waals surface area contributed by atoms with E-state index in [0.29, 0.717) is 31.6 Å². The van der Waals surface area contributed by atoms with E-state index >= 15 is 0 Å². The maximum atomic E-state index is 12.5. The normalized spacial score (nSPS) is 21.5. The summed E-state index contributed by atoms with van der Waals surface area (Å²) in [5.74, 6) is 1.86. The monoisotopic (exact) mass is 639 g/mol. The number of ether oxygens (including phenoxy) is 2. The van der Waals surface area contributed by atoms with Crippen molar-refractivity contribution in [2.45, 2.75) is 69.9 Å². The van der Waals surface area contributed by atoms with Crippen molar-refractivity contribution < 1.29 is 34.4 Å². The fourth-order valence-corrected chi connectivity index (χ4v) is 5.35. The smallest absolute Gasteiger partial charge is 0.246 e. The number of carbonyl (C=O) groups is 2. The minimum Gasteiger partial charge on any atom is -0.387 e. The fourth-order valence-electron chi connectivity index (χ4n) is 4.92. The van der Waals surface area contributed by atoms with Crippen molar-refractivity contribution in [3.63, 3.8) is 0 Å². The summed E-state index contributed by atoms with van der Waals surface area (Å²) in [6, 6.07) is 13.6. The number of benzene rings is 2. The van der Waals surface area contributed by atoms with Crippen molar-refractivity contribution in [1.82, 2.24) is 15.5 Å². The number of rotatable bonds is 13. The molecule has 0 radical (unpaired) electrons. The quantitative estimate of drug-likeness (QED) is 0.208. The summed E-state index contributed by atoms with van der Waals surface area (Å²) in [6.07, 6.45) is 2.17. The number of hydrogen-bond acceptors (Lipinski definition) is 8. The van der Waals surface area contributed by atoms with Crippen LogP contribution in [0, 0.1) is 24.5 Å². The molecule has 1 aliphatic heterocycles. The Morgan fingerprint density at radius 2 is 1.78 bits per heavy atom. The molecule has 45 heavy (non-hydrogen) atoms. The fraction of sp³-hybridized carbons (Fsp3) is 0.500. The Labute approximate surface area is 269 Å². The van der Waals surface area contributed by atoms with E-state index in [1.165, 1.54) is 11.2 Å². The molecular formula is C34H45N3O7S. The highest BCUT2D eigenvalue weighted by molar-refractivity contribution is 7.87. The number of carbonyl (C=O) groups excluding carboxylic acids is 2. The Balaban J connectivity index is 1.51. The van der Waals surface area contributed by atoms with Crippen LogP contribution in [-0.4, -0.2) is 102 Å². The highest BCUT2D eigenvalue weighted by atomic mass is 32.1. The van der Waals surface area contributed by atoms with E-state index in [4.69, 9.17) is 15.9 Å². The maximum Gasteiger partial charge on any atom is 0.246 e. The van der Waals surface area contributed by atoms with Crippen LogP contribution < -0.4 is 10.6 Å². The third-order valence-electron chi connectivity index (χ3n) is 7.63. The molecule has 2 aromatic rings. The molecule has 1 unspecified atom stereocenters. The van der Waals surface area contributed by atoms with E-state index in [0.717, 1.165) is 22.3 Å². The van der Waals surface area contributed by atoms with Crippen LogP contribution in [-0.2, 0) is 32.1 Å². The minimum atomic E-state index is -1.35. The number of nitrogens with one attached hydrogen (secondary N) is 2. The number of terminal acetylenes is 1. The van der Waals surface area contributed by atoms with Gasteiger partial charge in [-0.1, -0.05) is 53.6 Å². The number of aliphatic hydroxyl groups excluding tert-OH is 3. The molecule has 0 spiro atoms. The van der Waals surface area contributed by atoms with E-state index < -0.39 is 42.0 Å². The van der Waals surface area contributed by atoms with Crippen molar-refractivity contribution in [1.29, 1.82) is 0 Å². The lowest BCUT2D eigenvalue weighted by Crippen LogP contribution is -2.56. The van der Waals surface area contributed by atoms with Crippen LogP contribution in [0.25, 0.3) is 0 Å². The van der Waals surface area contributed by atoms with Gasteiger partial charge in [-0.2, -0.15) is 0 Å². The lowest BCUT2D eigenvalue weighted by molar-refractivity contribution is -0.209. The van der Waals surface area contributed by atoms with Gasteiger partial charge in [-0.3, -0.25) is 14.5 Å². The second kappa shape index (κ2) is 16.9. The summed E-state index contributed by atoms with van der Waals surface area (Å²) in [7, 11) is 1.87. The van der Waals surface area contributed by atoms with E-state index in [9.17, 15) is 24.9 Å². The average Bonchev–Trinajstić information content (AvgIpc) is 2.99. The summed E-state index contributed by atoms with van der Waals surface area (Å²) in [5, 5.41) is 39.8. The molecule has 2 aromatic carbocycles. The molecule has 5 atom stereocenters. The van der Waals surface area contributed by atoms with Gasteiger partial charge >= 0.3 is 0 Å². The van der Waals surface area contributed by atoms with Crippen molar-refractivity contribution in [3.05, 3.63) is 70.3 Å². The summed E-state index contributed by atoms with van der Waals surface area (Å²) in [5.41, 5.74) is 3.65. The number of aliphatic hydroxyl groups is 3. The van der Waals surface area contributed by atoms with E-state index in [-0.39, 0.29) is 19.1 Å². The van der Waals surface area contributed by atoms with E-state index in [2.05, 4.69) is 21.7 Å². The first-order valence-corrected chi connectivity index (χ1v) is 16.0. The second-order valence-electron chi connectivity index (χ2n) is 11.8. The standard InChI is InChI=1S/C34H45N3O7S/c1-7-15-37(5)16-14-35-33(42)34(3,4)36-28(38)20-43-19-24-11-9-23(10-12-24)17-26-18-25(13-8-22(26)2)32-31(41)30(40)29(39)27(44-32)21-45-6/h1,8-13,18,27,29-32,39-41H,14-17,19-20H2,2-6H3,(H,35,42)(H,36,38)/t27?,29-,30+,31-,32+/m1/s1. The molecule has 244 valence electrons. The molecule has 0 aliphatic carbocycles. The zero-order valence-corrected chi connectivity index (χ0v) is 27.4. The number of aryl methyl sites for hydroxylation is 1. The average molecular weight is 640 g/mol. The molecule has 5 N–H and O–H groups in total. The number of hydrogen-bond donors (Lipinski definition) is 5. The van der Waals surface area contributed by atoms with Crippen LogP contribution in [0.4, 0.5) is 0 Å². The van der Waals surface area contributed by atoms with Gasteiger partial charge in [0.15, 0.2) is 0 Å². The van der Waals surface area contributed by atoms with Crippen LogP contribution in [0.5, 0.6) is 0 Å². The largest absolute Gasteiger partial charge is 0.387 e. The SMILES string of the molecule is C#CCN(C)CCNC(=O)C(C)(C)NC(=O)COCc1ccc(Cc2cc([C@@H]3OC(C#SC)[C@@H](O)[C@H](O)[C@H]3O)ccc2C)cc1. The van der Waals surface area contributed by atoms with Gasteiger partial charge in [0.25, 0.3) is 0 Å². The van der Waals surface area contributed by atoms with Crippen LogP contribution in [0.1, 0.15) is 47.8 Å². The predicted octanol–water partition coefficient (Wildman–Crippen LogP) is 1.52. The zero-order chi connectivity index (χ0) is 33.1. The lowest BCUT2D eigenvalue weighted by Gasteiger charge is -2.39. The first kappa shape index (κ1) is 36.2. The Kier molecular flexibility index (Phi) is 13.5. The number of nitrogens with zero attached hydrogens (tertiary/aromatic N) is 1. The summed E-state index contributed by atoms with van der Waals surface area (Å²) < 4.78 is 11.5. The Hall–Kier alpha value is -3.30. The van der Waals surface area contributed by atoms with Crippen LogP contribution in [0.15, 0.2) is 42.5 Å². The van der Waals surface area contributed by atoms with Gasteiger partial charge in [0, 0.05) is 19.3 Å². The van der Waals surface area contributed by atoms with Crippen molar-refractivity contribution >= 4 is 23.0 Å². The second-order valence-corrected chi connectivity index (χ2v) is 12.5. The van der Waals surface area contributed by atoms with E-state index in [1.54, 1.807) is 20.1 Å². The van der Waals surface area contributed by atoms with Gasteiger partial charge in [-0.15, -0.1) is 17.6 Å². The predicted molar refractivity (Wildman–Crippen MR) is 175 cm³/mol. The lowest BCUT2D eigenvalue weighted by atomic mass is 9.89. The molecule has 1 saturated heterocycles. The van der Waals surface area contributed by atoms with Gasteiger partial charge in [-0.25, -0.2) is 0 Å². The maximum absolute atomic E-state index is 12.5. The molecule has 1 heterocycles. The minimum absolute atomic E-state index is 0.191. The highest BCUT2D eigenvalue weighted by Crippen LogP contribution is 2.33. The van der Waals surface area contributed by atoms with Crippen LogP contribution in [0.3, 0.4) is 0 Å². The third-order valence-corrected chi connectivity index (χ3v) is 8.10.